The molecule has 0 radical (unpaired) electrons. The van der Waals surface area contributed by atoms with Crippen LogP contribution in [0.5, 0.6) is 0 Å². The summed E-state index contributed by atoms with van der Waals surface area (Å²) in [7, 11) is 0. The van der Waals surface area contributed by atoms with Gasteiger partial charge in [-0.25, -0.2) is 0 Å². The molecule has 2 fully saturated rings. The Labute approximate surface area is 106 Å². The van der Waals surface area contributed by atoms with Gasteiger partial charge in [0.25, 0.3) is 0 Å². The minimum absolute atomic E-state index is 0.467. The lowest BCUT2D eigenvalue weighted by Gasteiger charge is -2.43. The van der Waals surface area contributed by atoms with E-state index >= 15 is 0 Å². The Morgan fingerprint density at radius 1 is 1.41 bits per heavy atom. The molecule has 1 N–H and O–H groups in total. The van der Waals surface area contributed by atoms with Gasteiger partial charge in [0, 0.05) is 26.2 Å². The molecule has 3 nitrogen and oxygen atoms in total. The van der Waals surface area contributed by atoms with Crippen LogP contribution in [0.2, 0.25) is 0 Å². The van der Waals surface area contributed by atoms with Crippen LogP contribution < -0.4 is 5.32 Å². The number of ether oxygens (including phenoxy) is 1. The second kappa shape index (κ2) is 6.17. The van der Waals surface area contributed by atoms with Gasteiger partial charge in [0.2, 0.25) is 0 Å². The number of piperidine rings is 1. The van der Waals surface area contributed by atoms with Gasteiger partial charge < -0.3 is 10.1 Å². The van der Waals surface area contributed by atoms with Gasteiger partial charge in [-0.3, -0.25) is 4.90 Å². The second-order valence-electron chi connectivity index (χ2n) is 5.77. The third-order valence-corrected chi connectivity index (χ3v) is 4.55. The van der Waals surface area contributed by atoms with Crippen LogP contribution in [0.15, 0.2) is 0 Å². The van der Waals surface area contributed by atoms with E-state index in [1.165, 1.54) is 38.9 Å². The molecule has 0 amide bonds. The summed E-state index contributed by atoms with van der Waals surface area (Å²) in [5.41, 5.74) is 0.522. The molecule has 2 aliphatic rings. The smallest absolute Gasteiger partial charge is 0.0700 e. The quantitative estimate of drug-likeness (QED) is 0.812. The van der Waals surface area contributed by atoms with Gasteiger partial charge in [0.15, 0.2) is 0 Å². The molecule has 0 bridgehead atoms. The van der Waals surface area contributed by atoms with Crippen molar-refractivity contribution < 1.29 is 4.74 Å². The first-order chi connectivity index (χ1) is 8.28. The topological polar surface area (TPSA) is 24.5 Å². The normalized spacial score (nSPS) is 36.0. The van der Waals surface area contributed by atoms with Gasteiger partial charge in [0.1, 0.15) is 0 Å². The van der Waals surface area contributed by atoms with Crippen LogP contribution in [-0.4, -0.2) is 50.3 Å². The number of nitrogens with one attached hydrogen (secondary N) is 1. The summed E-state index contributed by atoms with van der Waals surface area (Å²) in [4.78, 5) is 2.63. The summed E-state index contributed by atoms with van der Waals surface area (Å²) >= 11 is 0. The molecule has 2 atom stereocenters. The molecule has 3 heteroatoms. The monoisotopic (exact) mass is 240 g/mol. The van der Waals surface area contributed by atoms with Gasteiger partial charge in [-0.1, -0.05) is 13.8 Å². The van der Waals surface area contributed by atoms with Crippen molar-refractivity contribution >= 4 is 0 Å². The number of nitrogens with zero attached hydrogens (tertiary/aromatic N) is 1. The van der Waals surface area contributed by atoms with Crippen LogP contribution in [0.4, 0.5) is 0 Å². The van der Waals surface area contributed by atoms with E-state index in [1.54, 1.807) is 0 Å². The Morgan fingerprint density at radius 2 is 2.29 bits per heavy atom. The van der Waals surface area contributed by atoms with Gasteiger partial charge in [-0.15, -0.1) is 0 Å². The fourth-order valence-corrected chi connectivity index (χ4v) is 3.22. The third kappa shape index (κ3) is 3.43. The van der Waals surface area contributed by atoms with Crippen molar-refractivity contribution in [1.82, 2.24) is 10.2 Å². The lowest BCUT2D eigenvalue weighted by Crippen LogP contribution is -2.51. The predicted molar refractivity (Wildman–Crippen MR) is 71.3 cm³/mol. The third-order valence-electron chi connectivity index (χ3n) is 4.55. The highest BCUT2D eigenvalue weighted by Crippen LogP contribution is 2.31. The molecular weight excluding hydrogens is 212 g/mol. The zero-order chi connectivity index (χ0) is 12.1. The van der Waals surface area contributed by atoms with E-state index < -0.39 is 0 Å². The Balaban J connectivity index is 1.88. The lowest BCUT2D eigenvalue weighted by molar-refractivity contribution is -0.0454. The van der Waals surface area contributed by atoms with Crippen LogP contribution in [0.3, 0.4) is 0 Å². The van der Waals surface area contributed by atoms with E-state index in [-0.39, 0.29) is 0 Å². The first-order valence-electron chi connectivity index (χ1n) is 7.33. The summed E-state index contributed by atoms with van der Waals surface area (Å²) in [5.74, 6) is 0. The lowest BCUT2D eigenvalue weighted by atomic mass is 9.77. The van der Waals surface area contributed by atoms with E-state index in [0.717, 1.165) is 26.1 Å². The van der Waals surface area contributed by atoms with E-state index in [1.807, 2.05) is 0 Å². The summed E-state index contributed by atoms with van der Waals surface area (Å²) < 4.78 is 5.76. The first-order valence-corrected chi connectivity index (χ1v) is 7.33. The molecule has 17 heavy (non-hydrogen) atoms. The van der Waals surface area contributed by atoms with Crippen LogP contribution in [0.25, 0.3) is 0 Å². The Bertz CT molecular complexity index is 226. The molecule has 0 spiro atoms. The van der Waals surface area contributed by atoms with Crippen molar-refractivity contribution in [3.63, 3.8) is 0 Å². The maximum Gasteiger partial charge on any atom is 0.0700 e. The average Bonchev–Trinajstić information content (AvgIpc) is 2.40. The van der Waals surface area contributed by atoms with Crippen LogP contribution >= 0.6 is 0 Å². The van der Waals surface area contributed by atoms with Crippen molar-refractivity contribution in [1.29, 1.82) is 0 Å². The highest BCUT2D eigenvalue weighted by molar-refractivity contribution is 4.88. The molecule has 2 unspecified atom stereocenters. The Morgan fingerprint density at radius 3 is 2.94 bits per heavy atom. The minimum Gasteiger partial charge on any atom is -0.376 e. The average molecular weight is 240 g/mol. The van der Waals surface area contributed by atoms with Gasteiger partial charge in [-0.05, 0) is 37.6 Å². The van der Waals surface area contributed by atoms with E-state index in [9.17, 15) is 0 Å². The summed E-state index contributed by atoms with van der Waals surface area (Å²) in [6, 6.07) is 0. The Kier molecular flexibility index (Phi) is 4.83. The number of hydrogen-bond donors (Lipinski definition) is 1. The maximum atomic E-state index is 5.76. The summed E-state index contributed by atoms with van der Waals surface area (Å²) in [5, 5.41) is 3.58. The van der Waals surface area contributed by atoms with Gasteiger partial charge in [-0.2, -0.15) is 0 Å². The van der Waals surface area contributed by atoms with Crippen molar-refractivity contribution in [3.8, 4) is 0 Å². The van der Waals surface area contributed by atoms with E-state index in [4.69, 9.17) is 4.74 Å². The maximum absolute atomic E-state index is 5.76. The molecule has 0 aromatic rings. The highest BCUT2D eigenvalue weighted by atomic mass is 16.5. The van der Waals surface area contributed by atoms with Crippen LogP contribution in [0, 0.1) is 5.41 Å². The van der Waals surface area contributed by atoms with Gasteiger partial charge in [0.05, 0.1) is 12.7 Å². The summed E-state index contributed by atoms with van der Waals surface area (Å²) in [6.07, 6.45) is 5.65. The second-order valence-corrected chi connectivity index (χ2v) is 5.77. The molecule has 2 rings (SSSR count). The molecular formula is C14H28N2O. The SMILES string of the molecule is CCC1CN(CC2(CC)CCCNC2)CCO1. The zero-order valence-electron chi connectivity index (χ0n) is 11.5. The zero-order valence-corrected chi connectivity index (χ0v) is 11.5. The minimum atomic E-state index is 0.467. The fourth-order valence-electron chi connectivity index (χ4n) is 3.22. The molecule has 2 aliphatic heterocycles. The number of morpholine rings is 1. The van der Waals surface area contributed by atoms with E-state index in [0.29, 0.717) is 11.5 Å². The van der Waals surface area contributed by atoms with Crippen LogP contribution in [0.1, 0.15) is 39.5 Å². The molecule has 0 aliphatic carbocycles. The molecule has 100 valence electrons. The predicted octanol–water partition coefficient (Wildman–Crippen LogP) is 1.88. The molecule has 0 aromatic carbocycles. The van der Waals surface area contributed by atoms with E-state index in [2.05, 4.69) is 24.1 Å². The molecule has 0 saturated carbocycles. The standard InChI is InChI=1S/C14H28N2O/c1-3-13-10-16(8-9-17-13)12-14(4-2)6-5-7-15-11-14/h13,15H,3-12H2,1-2H3. The van der Waals surface area contributed by atoms with Gasteiger partial charge >= 0.3 is 0 Å². The van der Waals surface area contributed by atoms with Crippen molar-refractivity contribution in [2.24, 2.45) is 5.41 Å². The van der Waals surface area contributed by atoms with Crippen molar-refractivity contribution in [2.75, 3.05) is 39.3 Å². The van der Waals surface area contributed by atoms with Crippen molar-refractivity contribution in [3.05, 3.63) is 0 Å². The number of rotatable bonds is 4. The molecule has 2 heterocycles. The largest absolute Gasteiger partial charge is 0.376 e. The number of hydrogen-bond acceptors (Lipinski definition) is 3. The highest BCUT2D eigenvalue weighted by Gasteiger charge is 2.33. The molecule has 0 aromatic heterocycles. The fraction of sp³-hybridized carbons (Fsp3) is 1.00. The Hall–Kier alpha value is -0.120. The summed E-state index contributed by atoms with van der Waals surface area (Å²) in [6.45, 7) is 11.4. The molecule has 2 saturated heterocycles. The van der Waals surface area contributed by atoms with Crippen LogP contribution in [-0.2, 0) is 4.74 Å². The first kappa shape index (κ1) is 13.3. The van der Waals surface area contributed by atoms with Crippen molar-refractivity contribution in [2.45, 2.75) is 45.6 Å².